The number of rotatable bonds is 3. The number of hydrogen-bond donors (Lipinski definition) is 1. The van der Waals surface area contributed by atoms with Crippen LogP contribution in [0.4, 0.5) is 4.79 Å². The summed E-state index contributed by atoms with van der Waals surface area (Å²) in [5.74, 6) is 0.727. The molecule has 1 aromatic rings. The molecule has 2 unspecified atom stereocenters. The SMILES string of the molecule is CC1CCCC(N(C)C(=O)NCc2ccc(Cl)s2)C1. The zero-order valence-electron chi connectivity index (χ0n) is 11.5. The second-order valence-electron chi connectivity index (χ2n) is 5.40. The summed E-state index contributed by atoms with van der Waals surface area (Å²) in [4.78, 5) is 15.1. The number of carbonyl (C=O) groups is 1. The maximum Gasteiger partial charge on any atom is 0.317 e. The lowest BCUT2D eigenvalue weighted by Crippen LogP contribution is -2.45. The van der Waals surface area contributed by atoms with Crippen LogP contribution in [0.15, 0.2) is 12.1 Å². The fourth-order valence-corrected chi connectivity index (χ4v) is 3.68. The van der Waals surface area contributed by atoms with E-state index in [1.807, 2.05) is 24.1 Å². The van der Waals surface area contributed by atoms with E-state index in [9.17, 15) is 4.79 Å². The van der Waals surface area contributed by atoms with Crippen molar-refractivity contribution in [3.63, 3.8) is 0 Å². The van der Waals surface area contributed by atoms with Crippen molar-refractivity contribution in [1.82, 2.24) is 10.2 Å². The van der Waals surface area contributed by atoms with Gasteiger partial charge >= 0.3 is 6.03 Å². The predicted octanol–water partition coefficient (Wildman–Crippen LogP) is 4.12. The molecular weight excluding hydrogens is 280 g/mol. The molecule has 3 nitrogen and oxygen atoms in total. The number of amides is 2. The predicted molar refractivity (Wildman–Crippen MR) is 80.7 cm³/mol. The minimum Gasteiger partial charge on any atom is -0.333 e. The summed E-state index contributed by atoms with van der Waals surface area (Å²) in [6, 6.07) is 4.22. The summed E-state index contributed by atoms with van der Waals surface area (Å²) in [5.41, 5.74) is 0. The molecule has 1 aliphatic carbocycles. The Morgan fingerprint density at radius 3 is 2.95 bits per heavy atom. The van der Waals surface area contributed by atoms with Crippen LogP contribution in [0.5, 0.6) is 0 Å². The lowest BCUT2D eigenvalue weighted by atomic mass is 9.86. The maximum atomic E-state index is 12.1. The number of halogens is 1. The molecule has 0 radical (unpaired) electrons. The van der Waals surface area contributed by atoms with Gasteiger partial charge < -0.3 is 10.2 Å². The smallest absolute Gasteiger partial charge is 0.317 e. The molecule has 0 bridgehead atoms. The van der Waals surface area contributed by atoms with Gasteiger partial charge in [0.05, 0.1) is 10.9 Å². The normalized spacial score (nSPS) is 23.1. The minimum atomic E-state index is 0.0172. The van der Waals surface area contributed by atoms with E-state index >= 15 is 0 Å². The molecule has 0 saturated heterocycles. The van der Waals surface area contributed by atoms with Gasteiger partial charge in [0.2, 0.25) is 0 Å². The van der Waals surface area contributed by atoms with Gasteiger partial charge in [0.15, 0.2) is 0 Å². The molecule has 0 spiro atoms. The number of thiophene rings is 1. The Bertz CT molecular complexity index is 435. The minimum absolute atomic E-state index is 0.0172. The highest BCUT2D eigenvalue weighted by atomic mass is 35.5. The van der Waals surface area contributed by atoms with Crippen LogP contribution in [0.25, 0.3) is 0 Å². The van der Waals surface area contributed by atoms with E-state index in [2.05, 4.69) is 12.2 Å². The fraction of sp³-hybridized carbons (Fsp3) is 0.643. The second kappa shape index (κ2) is 6.62. The third kappa shape index (κ3) is 4.11. The topological polar surface area (TPSA) is 32.3 Å². The Morgan fingerprint density at radius 1 is 1.53 bits per heavy atom. The summed E-state index contributed by atoms with van der Waals surface area (Å²) < 4.78 is 0.763. The summed E-state index contributed by atoms with van der Waals surface area (Å²) in [7, 11) is 1.90. The lowest BCUT2D eigenvalue weighted by Gasteiger charge is -2.34. The second-order valence-corrected chi connectivity index (χ2v) is 7.20. The Morgan fingerprint density at radius 2 is 2.32 bits per heavy atom. The molecule has 1 saturated carbocycles. The fourth-order valence-electron chi connectivity index (χ4n) is 2.65. The van der Waals surface area contributed by atoms with Gasteiger partial charge in [-0.15, -0.1) is 11.3 Å². The molecule has 0 aromatic carbocycles. The number of nitrogens with zero attached hydrogens (tertiary/aromatic N) is 1. The van der Waals surface area contributed by atoms with Gasteiger partial charge in [-0.25, -0.2) is 4.79 Å². The zero-order chi connectivity index (χ0) is 13.8. The van der Waals surface area contributed by atoms with Gasteiger partial charge in [0.1, 0.15) is 0 Å². The van der Waals surface area contributed by atoms with Crippen molar-refractivity contribution in [3.8, 4) is 0 Å². The average Bonchev–Trinajstić information content (AvgIpc) is 2.81. The summed E-state index contributed by atoms with van der Waals surface area (Å²) in [6.07, 6.45) is 4.76. The molecule has 19 heavy (non-hydrogen) atoms. The Balaban J connectivity index is 1.81. The highest BCUT2D eigenvalue weighted by Crippen LogP contribution is 2.26. The van der Waals surface area contributed by atoms with E-state index in [1.165, 1.54) is 24.2 Å². The van der Waals surface area contributed by atoms with Crippen molar-refractivity contribution in [1.29, 1.82) is 0 Å². The first-order chi connectivity index (χ1) is 9.06. The molecular formula is C14H21ClN2OS. The van der Waals surface area contributed by atoms with Gasteiger partial charge in [-0.2, -0.15) is 0 Å². The maximum absolute atomic E-state index is 12.1. The molecule has 106 valence electrons. The van der Waals surface area contributed by atoms with E-state index in [0.717, 1.165) is 28.0 Å². The van der Waals surface area contributed by atoms with Crippen LogP contribution in [0.3, 0.4) is 0 Å². The number of carbonyl (C=O) groups excluding carboxylic acids is 1. The number of urea groups is 1. The Hall–Kier alpha value is -0.740. The van der Waals surface area contributed by atoms with Crippen molar-refractivity contribution in [3.05, 3.63) is 21.3 Å². The van der Waals surface area contributed by atoms with Crippen molar-refractivity contribution in [2.24, 2.45) is 5.92 Å². The quantitative estimate of drug-likeness (QED) is 0.894. The van der Waals surface area contributed by atoms with Crippen LogP contribution < -0.4 is 5.32 Å². The van der Waals surface area contributed by atoms with Crippen molar-refractivity contribution >= 4 is 29.0 Å². The molecule has 0 aliphatic heterocycles. The molecule has 2 amide bonds. The van der Waals surface area contributed by atoms with Crippen molar-refractivity contribution in [2.45, 2.75) is 45.2 Å². The Kier molecular flexibility index (Phi) is 5.11. The van der Waals surface area contributed by atoms with E-state index in [-0.39, 0.29) is 6.03 Å². The molecule has 1 fully saturated rings. The van der Waals surface area contributed by atoms with E-state index in [0.29, 0.717) is 12.6 Å². The molecule has 1 aliphatic rings. The molecule has 2 rings (SSSR count). The Labute approximate surface area is 123 Å². The average molecular weight is 301 g/mol. The first-order valence-corrected chi connectivity index (χ1v) is 8.00. The first-order valence-electron chi connectivity index (χ1n) is 6.81. The molecule has 1 N–H and O–H groups in total. The summed E-state index contributed by atoms with van der Waals surface area (Å²) in [6.45, 7) is 2.83. The van der Waals surface area contributed by atoms with Crippen LogP contribution in [-0.2, 0) is 6.54 Å². The van der Waals surface area contributed by atoms with Crippen LogP contribution in [-0.4, -0.2) is 24.0 Å². The standard InChI is InChI=1S/C14H21ClN2OS/c1-10-4-3-5-11(8-10)17(2)14(18)16-9-12-6-7-13(15)19-12/h6-7,10-11H,3-5,8-9H2,1-2H3,(H,16,18). The van der Waals surface area contributed by atoms with E-state index < -0.39 is 0 Å². The van der Waals surface area contributed by atoms with Crippen LogP contribution >= 0.6 is 22.9 Å². The van der Waals surface area contributed by atoms with E-state index in [4.69, 9.17) is 11.6 Å². The van der Waals surface area contributed by atoms with Gasteiger partial charge in [-0.1, -0.05) is 31.4 Å². The lowest BCUT2D eigenvalue weighted by molar-refractivity contribution is 0.160. The summed E-state index contributed by atoms with van der Waals surface area (Å²) >= 11 is 7.38. The van der Waals surface area contributed by atoms with E-state index in [1.54, 1.807) is 0 Å². The van der Waals surface area contributed by atoms with Gasteiger partial charge in [-0.3, -0.25) is 0 Å². The number of hydrogen-bond acceptors (Lipinski definition) is 2. The van der Waals surface area contributed by atoms with Crippen LogP contribution in [0, 0.1) is 5.92 Å². The monoisotopic (exact) mass is 300 g/mol. The highest BCUT2D eigenvalue weighted by molar-refractivity contribution is 7.16. The number of nitrogens with one attached hydrogen (secondary N) is 1. The van der Waals surface area contributed by atoms with Crippen LogP contribution in [0.2, 0.25) is 4.34 Å². The summed E-state index contributed by atoms with van der Waals surface area (Å²) in [5, 5.41) is 2.96. The van der Waals surface area contributed by atoms with Gasteiger partial charge in [-0.05, 0) is 30.9 Å². The largest absolute Gasteiger partial charge is 0.333 e. The highest BCUT2D eigenvalue weighted by Gasteiger charge is 2.25. The third-order valence-corrected chi connectivity index (χ3v) is 5.05. The van der Waals surface area contributed by atoms with Crippen LogP contribution in [0.1, 0.15) is 37.5 Å². The molecule has 1 heterocycles. The molecule has 5 heteroatoms. The zero-order valence-corrected chi connectivity index (χ0v) is 13.1. The molecule has 1 aromatic heterocycles. The van der Waals surface area contributed by atoms with Gasteiger partial charge in [0.25, 0.3) is 0 Å². The van der Waals surface area contributed by atoms with Crippen molar-refractivity contribution in [2.75, 3.05) is 7.05 Å². The first kappa shape index (κ1) is 14.7. The third-order valence-electron chi connectivity index (χ3n) is 3.82. The van der Waals surface area contributed by atoms with Gasteiger partial charge in [0, 0.05) is 18.0 Å². The molecule has 2 atom stereocenters. The van der Waals surface area contributed by atoms with Crippen molar-refractivity contribution < 1.29 is 4.79 Å².